The van der Waals surface area contributed by atoms with Crippen molar-refractivity contribution in [3.63, 3.8) is 0 Å². The first-order valence-electron chi connectivity index (χ1n) is 5.81. The summed E-state index contributed by atoms with van der Waals surface area (Å²) in [6.07, 6.45) is 1.31. The van der Waals surface area contributed by atoms with Gasteiger partial charge in [-0.05, 0) is 24.3 Å². The van der Waals surface area contributed by atoms with Crippen molar-refractivity contribution in [3.05, 3.63) is 58.5 Å². The van der Waals surface area contributed by atoms with Gasteiger partial charge in [-0.1, -0.05) is 0 Å². The van der Waals surface area contributed by atoms with E-state index in [1.54, 1.807) is 0 Å². The van der Waals surface area contributed by atoms with Crippen LogP contribution in [0.25, 0.3) is 0 Å². The zero-order valence-corrected chi connectivity index (χ0v) is 10.6. The van der Waals surface area contributed by atoms with Crippen molar-refractivity contribution in [2.75, 3.05) is 11.9 Å². The summed E-state index contributed by atoms with van der Waals surface area (Å²) in [5.74, 6) is -1.32. The van der Waals surface area contributed by atoms with E-state index < -0.39 is 23.4 Å². The highest BCUT2D eigenvalue weighted by atomic mass is 16.6. The van der Waals surface area contributed by atoms with Crippen molar-refractivity contribution in [1.29, 1.82) is 0 Å². The molecule has 0 bridgehead atoms. The number of esters is 1. The summed E-state index contributed by atoms with van der Waals surface area (Å²) < 4.78 is 9.54. The van der Waals surface area contributed by atoms with Crippen molar-refractivity contribution >= 4 is 23.3 Å². The molecule has 0 aliphatic heterocycles. The van der Waals surface area contributed by atoms with Gasteiger partial charge < -0.3 is 14.5 Å². The first-order valence-corrected chi connectivity index (χ1v) is 5.81. The van der Waals surface area contributed by atoms with Gasteiger partial charge in [-0.15, -0.1) is 0 Å². The van der Waals surface area contributed by atoms with Crippen LogP contribution in [0.15, 0.2) is 47.1 Å². The number of nitrogens with one attached hydrogen (secondary N) is 1. The third kappa shape index (κ3) is 3.90. The molecule has 1 N–H and O–H groups in total. The van der Waals surface area contributed by atoms with Gasteiger partial charge in [0.2, 0.25) is 5.76 Å². The van der Waals surface area contributed by atoms with Gasteiger partial charge in [0.1, 0.15) is 0 Å². The Morgan fingerprint density at radius 2 is 1.95 bits per heavy atom. The number of furan rings is 1. The van der Waals surface area contributed by atoms with Crippen LogP contribution in [-0.2, 0) is 9.53 Å². The summed E-state index contributed by atoms with van der Waals surface area (Å²) in [5.41, 5.74) is 0.275. The van der Waals surface area contributed by atoms with E-state index in [2.05, 4.69) is 5.32 Å². The molecule has 0 spiro atoms. The van der Waals surface area contributed by atoms with Crippen LogP contribution in [0.1, 0.15) is 10.6 Å². The molecule has 0 radical (unpaired) electrons. The Morgan fingerprint density at radius 1 is 1.24 bits per heavy atom. The van der Waals surface area contributed by atoms with E-state index in [9.17, 15) is 19.7 Å². The van der Waals surface area contributed by atoms with Gasteiger partial charge in [-0.3, -0.25) is 14.9 Å². The fourth-order valence-electron chi connectivity index (χ4n) is 1.46. The molecule has 1 aromatic heterocycles. The Labute approximate surface area is 118 Å². The highest BCUT2D eigenvalue weighted by Crippen LogP contribution is 2.15. The number of amides is 1. The van der Waals surface area contributed by atoms with Crippen LogP contribution in [0, 0.1) is 10.1 Å². The van der Waals surface area contributed by atoms with Gasteiger partial charge in [-0.25, -0.2) is 4.79 Å². The highest BCUT2D eigenvalue weighted by Gasteiger charge is 2.13. The number of nitro groups is 1. The second kappa shape index (κ2) is 6.33. The van der Waals surface area contributed by atoms with E-state index in [1.807, 2.05) is 0 Å². The Morgan fingerprint density at radius 3 is 2.52 bits per heavy atom. The third-order valence-corrected chi connectivity index (χ3v) is 2.42. The summed E-state index contributed by atoms with van der Waals surface area (Å²) in [6, 6.07) is 8.20. The van der Waals surface area contributed by atoms with Crippen LogP contribution < -0.4 is 5.32 Å². The summed E-state index contributed by atoms with van der Waals surface area (Å²) in [5, 5.41) is 12.9. The monoisotopic (exact) mass is 290 g/mol. The average Bonchev–Trinajstić information content (AvgIpc) is 2.99. The molecule has 0 aliphatic carbocycles. The smallest absolute Gasteiger partial charge is 0.374 e. The zero-order valence-electron chi connectivity index (χ0n) is 10.6. The van der Waals surface area contributed by atoms with E-state index in [-0.39, 0.29) is 11.4 Å². The molecule has 0 fully saturated rings. The number of non-ortho nitro benzene ring substituents is 1. The number of nitrogens with zero attached hydrogens (tertiary/aromatic N) is 1. The quantitative estimate of drug-likeness (QED) is 0.512. The minimum absolute atomic E-state index is 0.00173. The topological polar surface area (TPSA) is 112 Å². The summed E-state index contributed by atoms with van der Waals surface area (Å²) in [4.78, 5) is 32.9. The van der Waals surface area contributed by atoms with Crippen molar-refractivity contribution in [3.8, 4) is 0 Å². The minimum Gasteiger partial charge on any atom is -0.457 e. The fraction of sp³-hybridized carbons (Fsp3) is 0.0769. The van der Waals surface area contributed by atoms with Gasteiger partial charge in [0.25, 0.3) is 11.6 Å². The van der Waals surface area contributed by atoms with Crippen molar-refractivity contribution in [1.82, 2.24) is 0 Å². The van der Waals surface area contributed by atoms with Crippen LogP contribution in [0.4, 0.5) is 11.4 Å². The molecule has 2 aromatic rings. The maximum absolute atomic E-state index is 11.6. The average molecular weight is 290 g/mol. The van der Waals surface area contributed by atoms with Crippen LogP contribution in [0.2, 0.25) is 0 Å². The van der Waals surface area contributed by atoms with Crippen LogP contribution in [0.3, 0.4) is 0 Å². The van der Waals surface area contributed by atoms with E-state index in [1.165, 1.54) is 42.7 Å². The molecule has 0 saturated heterocycles. The predicted octanol–water partition coefficient (Wildman–Crippen LogP) is 1.98. The molecule has 108 valence electrons. The van der Waals surface area contributed by atoms with Crippen molar-refractivity contribution in [2.45, 2.75) is 0 Å². The van der Waals surface area contributed by atoms with Gasteiger partial charge in [0.05, 0.1) is 11.2 Å². The predicted molar refractivity (Wildman–Crippen MR) is 70.7 cm³/mol. The molecule has 2 rings (SSSR count). The first-order chi connectivity index (χ1) is 10.1. The van der Waals surface area contributed by atoms with Crippen molar-refractivity contribution < 1.29 is 23.7 Å². The van der Waals surface area contributed by atoms with E-state index in [0.717, 1.165) is 0 Å². The Kier molecular flexibility index (Phi) is 4.30. The van der Waals surface area contributed by atoms with Gasteiger partial charge in [-0.2, -0.15) is 0 Å². The number of hydrogen-bond acceptors (Lipinski definition) is 6. The SMILES string of the molecule is O=C(COC(=O)c1ccco1)Nc1ccc([N+](=O)[O-])cc1. The first kappa shape index (κ1) is 14.3. The number of nitro benzene ring substituents is 1. The molecule has 0 atom stereocenters. The lowest BCUT2D eigenvalue weighted by atomic mass is 10.3. The molecule has 0 saturated carbocycles. The number of carbonyl (C=O) groups is 2. The lowest BCUT2D eigenvalue weighted by Gasteiger charge is -2.05. The third-order valence-electron chi connectivity index (χ3n) is 2.42. The molecule has 8 nitrogen and oxygen atoms in total. The molecule has 21 heavy (non-hydrogen) atoms. The van der Waals surface area contributed by atoms with Crippen LogP contribution in [-0.4, -0.2) is 23.4 Å². The van der Waals surface area contributed by atoms with Crippen molar-refractivity contribution in [2.24, 2.45) is 0 Å². The standard InChI is InChI=1S/C13H10N2O6/c16-12(8-21-13(17)11-2-1-7-20-11)14-9-3-5-10(6-4-9)15(18)19/h1-7H,8H2,(H,14,16). The second-order valence-electron chi connectivity index (χ2n) is 3.91. The Balaban J connectivity index is 1.84. The lowest BCUT2D eigenvalue weighted by Crippen LogP contribution is -2.20. The molecule has 0 aliphatic rings. The molecule has 1 amide bonds. The number of anilines is 1. The summed E-state index contributed by atoms with van der Waals surface area (Å²) in [7, 11) is 0. The minimum atomic E-state index is -0.751. The lowest BCUT2D eigenvalue weighted by molar-refractivity contribution is -0.384. The van der Waals surface area contributed by atoms with E-state index in [0.29, 0.717) is 5.69 Å². The number of rotatable bonds is 5. The second-order valence-corrected chi connectivity index (χ2v) is 3.91. The number of benzene rings is 1. The van der Waals surface area contributed by atoms with E-state index >= 15 is 0 Å². The molecular weight excluding hydrogens is 280 g/mol. The summed E-state index contributed by atoms with van der Waals surface area (Å²) >= 11 is 0. The largest absolute Gasteiger partial charge is 0.457 e. The van der Waals surface area contributed by atoms with Gasteiger partial charge in [0, 0.05) is 17.8 Å². The highest BCUT2D eigenvalue weighted by molar-refractivity contribution is 5.94. The number of carbonyl (C=O) groups excluding carboxylic acids is 2. The number of hydrogen-bond donors (Lipinski definition) is 1. The normalized spacial score (nSPS) is 9.90. The fourth-order valence-corrected chi connectivity index (χ4v) is 1.46. The molecular formula is C13H10N2O6. The molecule has 0 unspecified atom stereocenters. The van der Waals surface area contributed by atoms with Crippen LogP contribution >= 0.6 is 0 Å². The zero-order chi connectivity index (χ0) is 15.2. The van der Waals surface area contributed by atoms with Gasteiger partial charge in [0.15, 0.2) is 6.61 Å². The van der Waals surface area contributed by atoms with Crippen LogP contribution in [0.5, 0.6) is 0 Å². The summed E-state index contributed by atoms with van der Waals surface area (Å²) in [6.45, 7) is -0.490. The maximum Gasteiger partial charge on any atom is 0.374 e. The number of ether oxygens (including phenoxy) is 1. The molecule has 8 heteroatoms. The maximum atomic E-state index is 11.6. The molecule has 1 aromatic carbocycles. The Bertz CT molecular complexity index is 648. The van der Waals surface area contributed by atoms with Gasteiger partial charge >= 0.3 is 5.97 Å². The Hall–Kier alpha value is -3.16. The van der Waals surface area contributed by atoms with E-state index in [4.69, 9.17) is 9.15 Å². The molecule has 1 heterocycles.